The van der Waals surface area contributed by atoms with Crippen molar-refractivity contribution in [1.29, 1.82) is 0 Å². The minimum absolute atomic E-state index is 0.430. The van der Waals surface area contributed by atoms with Gasteiger partial charge in [0.2, 0.25) is 6.71 Å². The molecule has 0 atom stereocenters. The molecule has 0 aliphatic rings. The standard InChI is InChI=1S/C15H15B.C5H8N2/c1-2-13-16(14-9-5-3-6-10-14)15-11-7-4-8-12-15;1-2-5-3-6-4-7-5/h2-12H,1,13H2;3-4H,2H2,1H3,(H,6,7). The molecule has 0 fully saturated rings. The second-order valence-corrected chi connectivity index (χ2v) is 5.33. The van der Waals surface area contributed by atoms with Crippen molar-refractivity contribution in [1.82, 2.24) is 9.97 Å². The van der Waals surface area contributed by atoms with E-state index >= 15 is 0 Å². The molecule has 0 unspecified atom stereocenters. The highest BCUT2D eigenvalue weighted by molar-refractivity contribution is 6.85. The van der Waals surface area contributed by atoms with Crippen LogP contribution in [0.4, 0.5) is 0 Å². The Labute approximate surface area is 139 Å². The summed E-state index contributed by atoms with van der Waals surface area (Å²) in [6.45, 7) is 6.37. The van der Waals surface area contributed by atoms with Crippen molar-refractivity contribution in [2.75, 3.05) is 0 Å². The molecule has 0 amide bonds. The summed E-state index contributed by atoms with van der Waals surface area (Å²) in [7, 11) is 0. The normalized spacial score (nSPS) is 9.61. The Morgan fingerprint density at radius 2 is 1.57 bits per heavy atom. The maximum Gasteiger partial charge on any atom is 0.213 e. The van der Waals surface area contributed by atoms with E-state index in [1.54, 1.807) is 6.33 Å². The third kappa shape index (κ3) is 5.30. The Hall–Kier alpha value is -2.55. The maximum absolute atomic E-state index is 3.85. The average Bonchev–Trinajstić information content (AvgIpc) is 3.15. The van der Waals surface area contributed by atoms with E-state index in [1.807, 2.05) is 12.3 Å². The first-order valence-electron chi connectivity index (χ1n) is 8.03. The van der Waals surface area contributed by atoms with Crippen LogP contribution >= 0.6 is 0 Å². The molecule has 1 aromatic heterocycles. The number of benzene rings is 2. The Morgan fingerprint density at radius 3 is 1.91 bits per heavy atom. The summed E-state index contributed by atoms with van der Waals surface area (Å²) in [6.07, 6.45) is 7.54. The molecule has 0 bridgehead atoms. The van der Waals surface area contributed by atoms with E-state index in [0.29, 0.717) is 6.71 Å². The van der Waals surface area contributed by atoms with Crippen LogP contribution in [-0.4, -0.2) is 16.7 Å². The minimum atomic E-state index is 0.430. The zero-order valence-electron chi connectivity index (χ0n) is 13.7. The molecule has 116 valence electrons. The molecule has 3 heteroatoms. The van der Waals surface area contributed by atoms with Gasteiger partial charge in [0.25, 0.3) is 0 Å². The number of H-pyrrole nitrogens is 1. The van der Waals surface area contributed by atoms with E-state index in [4.69, 9.17) is 0 Å². The fraction of sp³-hybridized carbons (Fsp3) is 0.150. The summed E-state index contributed by atoms with van der Waals surface area (Å²) in [5, 5.41) is 0. The quantitative estimate of drug-likeness (QED) is 0.567. The van der Waals surface area contributed by atoms with Gasteiger partial charge in [-0.3, -0.25) is 0 Å². The van der Waals surface area contributed by atoms with Gasteiger partial charge in [-0.2, -0.15) is 0 Å². The van der Waals surface area contributed by atoms with Crippen LogP contribution in [0.3, 0.4) is 0 Å². The van der Waals surface area contributed by atoms with Crippen LogP contribution in [0.2, 0.25) is 6.32 Å². The van der Waals surface area contributed by atoms with Crippen LogP contribution in [0.1, 0.15) is 12.6 Å². The Kier molecular flexibility index (Phi) is 6.92. The Morgan fingerprint density at radius 1 is 1.00 bits per heavy atom. The second-order valence-electron chi connectivity index (χ2n) is 5.33. The molecule has 0 radical (unpaired) electrons. The molecule has 2 nitrogen and oxygen atoms in total. The number of aromatic amines is 1. The van der Waals surface area contributed by atoms with Gasteiger partial charge in [0.1, 0.15) is 0 Å². The molecule has 0 saturated heterocycles. The zero-order chi connectivity index (χ0) is 16.3. The van der Waals surface area contributed by atoms with Crippen LogP contribution in [-0.2, 0) is 6.42 Å². The number of imidazole rings is 1. The molecule has 3 rings (SSSR count). The number of hydrogen-bond acceptors (Lipinski definition) is 1. The van der Waals surface area contributed by atoms with Crippen molar-refractivity contribution >= 4 is 17.6 Å². The predicted octanol–water partition coefficient (Wildman–Crippen LogP) is 3.45. The van der Waals surface area contributed by atoms with E-state index < -0.39 is 0 Å². The summed E-state index contributed by atoms with van der Waals surface area (Å²) in [4.78, 5) is 6.81. The average molecular weight is 302 g/mol. The molecule has 0 spiro atoms. The molecule has 1 heterocycles. The predicted molar refractivity (Wildman–Crippen MR) is 101 cm³/mol. The Balaban J connectivity index is 0.000000229. The van der Waals surface area contributed by atoms with Gasteiger partial charge in [-0.1, -0.05) is 84.6 Å². The highest BCUT2D eigenvalue weighted by Gasteiger charge is 2.16. The molecule has 0 aliphatic heterocycles. The van der Waals surface area contributed by atoms with E-state index in [9.17, 15) is 0 Å². The minimum Gasteiger partial charge on any atom is -0.349 e. The summed E-state index contributed by atoms with van der Waals surface area (Å²) in [5.41, 5.74) is 3.90. The van der Waals surface area contributed by atoms with Crippen LogP contribution < -0.4 is 10.9 Å². The molecule has 0 saturated carbocycles. The summed E-state index contributed by atoms with van der Waals surface area (Å²) in [6, 6.07) is 21.2. The van der Waals surface area contributed by atoms with Gasteiger partial charge in [0.05, 0.1) is 6.33 Å². The van der Waals surface area contributed by atoms with Gasteiger partial charge in [-0.25, -0.2) is 4.98 Å². The topological polar surface area (TPSA) is 28.7 Å². The number of allylic oxidation sites excluding steroid dienone is 1. The first-order chi connectivity index (χ1) is 11.3. The first kappa shape index (κ1) is 16.8. The molecular weight excluding hydrogens is 279 g/mol. The summed E-state index contributed by atoms with van der Waals surface area (Å²) < 4.78 is 0. The van der Waals surface area contributed by atoms with Crippen LogP contribution in [0.25, 0.3) is 0 Å². The van der Waals surface area contributed by atoms with E-state index in [2.05, 4.69) is 84.1 Å². The van der Waals surface area contributed by atoms with Crippen LogP contribution in [0.15, 0.2) is 85.8 Å². The summed E-state index contributed by atoms with van der Waals surface area (Å²) >= 11 is 0. The number of aromatic nitrogens is 2. The third-order valence-corrected chi connectivity index (χ3v) is 3.74. The van der Waals surface area contributed by atoms with E-state index in [-0.39, 0.29) is 0 Å². The van der Waals surface area contributed by atoms with Crippen molar-refractivity contribution in [3.05, 3.63) is 91.5 Å². The molecule has 23 heavy (non-hydrogen) atoms. The molecule has 2 aromatic carbocycles. The van der Waals surface area contributed by atoms with Crippen LogP contribution in [0.5, 0.6) is 0 Å². The largest absolute Gasteiger partial charge is 0.349 e. The number of hydrogen-bond donors (Lipinski definition) is 1. The van der Waals surface area contributed by atoms with Gasteiger partial charge in [0.15, 0.2) is 0 Å². The molecule has 1 N–H and O–H groups in total. The highest BCUT2D eigenvalue weighted by Crippen LogP contribution is 1.98. The van der Waals surface area contributed by atoms with E-state index in [0.717, 1.165) is 12.7 Å². The second kappa shape index (κ2) is 9.47. The lowest BCUT2D eigenvalue weighted by Crippen LogP contribution is -2.41. The van der Waals surface area contributed by atoms with Gasteiger partial charge in [-0.15, -0.1) is 6.58 Å². The number of rotatable bonds is 5. The van der Waals surface area contributed by atoms with Crippen molar-refractivity contribution in [2.24, 2.45) is 0 Å². The van der Waals surface area contributed by atoms with Gasteiger partial charge < -0.3 is 4.98 Å². The van der Waals surface area contributed by atoms with Gasteiger partial charge in [0, 0.05) is 11.9 Å². The first-order valence-corrected chi connectivity index (χ1v) is 8.03. The van der Waals surface area contributed by atoms with Crippen molar-refractivity contribution in [2.45, 2.75) is 19.7 Å². The lowest BCUT2D eigenvalue weighted by Gasteiger charge is -2.12. The molecule has 0 aliphatic carbocycles. The Bertz CT molecular complexity index is 624. The summed E-state index contributed by atoms with van der Waals surface area (Å²) in [5.74, 6) is 0. The van der Waals surface area contributed by atoms with Gasteiger partial charge >= 0.3 is 0 Å². The van der Waals surface area contributed by atoms with E-state index in [1.165, 1.54) is 16.6 Å². The SMILES string of the molecule is C=CCB(c1ccccc1)c1ccccc1.CCc1cnc[nH]1. The van der Waals surface area contributed by atoms with Gasteiger partial charge in [-0.05, 0) is 12.7 Å². The van der Waals surface area contributed by atoms with Crippen LogP contribution in [0, 0.1) is 0 Å². The van der Waals surface area contributed by atoms with Crippen molar-refractivity contribution in [3.8, 4) is 0 Å². The third-order valence-electron chi connectivity index (χ3n) is 3.74. The number of nitrogens with one attached hydrogen (secondary N) is 1. The fourth-order valence-electron chi connectivity index (χ4n) is 2.48. The number of nitrogens with zero attached hydrogens (tertiary/aromatic N) is 1. The lowest BCUT2D eigenvalue weighted by molar-refractivity contribution is 1.06. The highest BCUT2D eigenvalue weighted by atomic mass is 14.8. The monoisotopic (exact) mass is 302 g/mol. The smallest absolute Gasteiger partial charge is 0.213 e. The molecule has 3 aromatic rings. The zero-order valence-corrected chi connectivity index (χ0v) is 13.7. The maximum atomic E-state index is 3.85. The fourth-order valence-corrected chi connectivity index (χ4v) is 2.48. The number of aryl methyl sites for hydroxylation is 1. The van der Waals surface area contributed by atoms with Crippen molar-refractivity contribution < 1.29 is 0 Å². The molecular formula is C20H23BN2. The van der Waals surface area contributed by atoms with Crippen molar-refractivity contribution in [3.63, 3.8) is 0 Å². The lowest BCUT2D eigenvalue weighted by atomic mass is 9.39.